The third-order valence-corrected chi connectivity index (χ3v) is 4.34. The number of benzene rings is 1. The van der Waals surface area contributed by atoms with E-state index in [4.69, 9.17) is 9.47 Å². The summed E-state index contributed by atoms with van der Waals surface area (Å²) in [5, 5.41) is 0. The van der Waals surface area contributed by atoms with Crippen LogP contribution in [0.4, 0.5) is 0 Å². The summed E-state index contributed by atoms with van der Waals surface area (Å²) in [6.07, 6.45) is 4.29. The highest BCUT2D eigenvalue weighted by molar-refractivity contribution is 5.48. The Kier molecular flexibility index (Phi) is 6.86. The molecule has 2 aromatic rings. The van der Waals surface area contributed by atoms with Crippen molar-refractivity contribution in [1.29, 1.82) is 0 Å². The highest BCUT2D eigenvalue weighted by Gasteiger charge is 2.16. The van der Waals surface area contributed by atoms with Crippen molar-refractivity contribution in [2.45, 2.75) is 67.2 Å². The first-order valence-corrected chi connectivity index (χ1v) is 9.35. The molecule has 0 bridgehead atoms. The van der Waals surface area contributed by atoms with Crippen molar-refractivity contribution in [2.75, 3.05) is 6.61 Å². The Morgan fingerprint density at radius 2 is 1.60 bits per heavy atom. The highest BCUT2D eigenvalue weighted by Crippen LogP contribution is 2.35. The van der Waals surface area contributed by atoms with Crippen LogP contribution in [-0.4, -0.2) is 11.6 Å². The summed E-state index contributed by atoms with van der Waals surface area (Å²) in [6, 6.07) is 6.31. The zero-order chi connectivity index (χ0) is 18.4. The lowest BCUT2D eigenvalue weighted by molar-refractivity contribution is 0.300. The Hall–Kier alpha value is -2.03. The molecule has 25 heavy (non-hydrogen) atoms. The minimum Gasteiger partial charge on any atom is -0.493 e. The maximum Gasteiger partial charge on any atom is 0.226 e. The number of nitrogens with zero attached hydrogens (tertiary/aromatic N) is 1. The van der Waals surface area contributed by atoms with E-state index >= 15 is 0 Å². The molecule has 2 rings (SSSR count). The van der Waals surface area contributed by atoms with Crippen molar-refractivity contribution in [3.63, 3.8) is 0 Å². The van der Waals surface area contributed by atoms with E-state index in [0.29, 0.717) is 5.88 Å². The van der Waals surface area contributed by atoms with E-state index in [9.17, 15) is 0 Å². The number of hydrogen-bond donors (Lipinski definition) is 0. The monoisotopic (exact) mass is 341 g/mol. The maximum absolute atomic E-state index is 6.27. The molecule has 0 spiro atoms. The second-order valence-corrected chi connectivity index (χ2v) is 6.78. The summed E-state index contributed by atoms with van der Waals surface area (Å²) >= 11 is 0. The summed E-state index contributed by atoms with van der Waals surface area (Å²) in [6.45, 7) is 13.3. The van der Waals surface area contributed by atoms with Crippen LogP contribution in [0.1, 0.15) is 61.1 Å². The van der Waals surface area contributed by atoms with E-state index < -0.39 is 0 Å². The molecule has 0 aliphatic rings. The van der Waals surface area contributed by atoms with Gasteiger partial charge in [0.05, 0.1) is 12.2 Å². The summed E-state index contributed by atoms with van der Waals surface area (Å²) in [5.41, 5.74) is 5.47. The van der Waals surface area contributed by atoms with Crippen molar-refractivity contribution in [3.8, 4) is 17.4 Å². The Morgan fingerprint density at radius 1 is 0.920 bits per heavy atom. The summed E-state index contributed by atoms with van der Waals surface area (Å²) in [5.74, 6) is 2.47. The molecule has 3 nitrogen and oxygen atoms in total. The van der Waals surface area contributed by atoms with Crippen LogP contribution in [0.5, 0.6) is 17.4 Å². The third kappa shape index (κ3) is 4.97. The fourth-order valence-electron chi connectivity index (χ4n) is 3.14. The Labute approximate surface area is 152 Å². The van der Waals surface area contributed by atoms with Crippen LogP contribution >= 0.6 is 0 Å². The third-order valence-electron chi connectivity index (χ3n) is 4.34. The topological polar surface area (TPSA) is 31.4 Å². The van der Waals surface area contributed by atoms with E-state index in [1.165, 1.54) is 18.4 Å². The Balaban J connectivity index is 2.33. The first kappa shape index (κ1) is 19.3. The van der Waals surface area contributed by atoms with Crippen LogP contribution in [0.2, 0.25) is 0 Å². The molecule has 0 saturated heterocycles. The van der Waals surface area contributed by atoms with E-state index in [-0.39, 0.29) is 0 Å². The van der Waals surface area contributed by atoms with E-state index in [1.54, 1.807) is 0 Å². The Morgan fingerprint density at radius 3 is 2.20 bits per heavy atom. The van der Waals surface area contributed by atoms with Crippen LogP contribution in [0, 0.1) is 27.7 Å². The molecule has 3 heteroatoms. The molecule has 1 heterocycles. The van der Waals surface area contributed by atoms with Gasteiger partial charge in [0.15, 0.2) is 0 Å². The number of pyridine rings is 1. The summed E-state index contributed by atoms with van der Waals surface area (Å²) < 4.78 is 12.3. The van der Waals surface area contributed by atoms with Gasteiger partial charge in [0.2, 0.25) is 5.88 Å². The number of rotatable bonds is 8. The SMILES string of the molecule is CCCCCOc1cc(C)nc(Oc2c(C)cc(C)cc2C)c1CC. The normalized spacial score (nSPS) is 10.8. The lowest BCUT2D eigenvalue weighted by Gasteiger charge is -2.18. The second kappa shape index (κ2) is 8.89. The molecular weight excluding hydrogens is 310 g/mol. The molecule has 0 unspecified atom stereocenters. The number of aromatic nitrogens is 1. The largest absolute Gasteiger partial charge is 0.493 e. The predicted molar refractivity (Wildman–Crippen MR) is 104 cm³/mol. The molecule has 0 N–H and O–H groups in total. The number of aryl methyl sites for hydroxylation is 4. The molecular formula is C22H31NO2. The average molecular weight is 341 g/mol. The van der Waals surface area contributed by atoms with Gasteiger partial charge in [0.1, 0.15) is 11.5 Å². The minimum absolute atomic E-state index is 0.669. The lowest BCUT2D eigenvalue weighted by Crippen LogP contribution is -2.05. The van der Waals surface area contributed by atoms with Crippen molar-refractivity contribution in [3.05, 3.63) is 46.1 Å². The van der Waals surface area contributed by atoms with Gasteiger partial charge in [-0.25, -0.2) is 4.98 Å². The zero-order valence-corrected chi connectivity index (χ0v) is 16.5. The quantitative estimate of drug-likeness (QED) is 0.533. The molecule has 0 aliphatic heterocycles. The summed E-state index contributed by atoms with van der Waals surface area (Å²) in [4.78, 5) is 4.65. The minimum atomic E-state index is 0.669. The zero-order valence-electron chi connectivity index (χ0n) is 16.5. The van der Waals surface area contributed by atoms with Gasteiger partial charge in [-0.2, -0.15) is 0 Å². The molecule has 136 valence electrons. The van der Waals surface area contributed by atoms with Gasteiger partial charge in [0, 0.05) is 11.8 Å². The summed E-state index contributed by atoms with van der Waals surface area (Å²) in [7, 11) is 0. The van der Waals surface area contributed by atoms with Gasteiger partial charge in [-0.3, -0.25) is 0 Å². The van der Waals surface area contributed by atoms with Gasteiger partial charge in [-0.15, -0.1) is 0 Å². The van der Waals surface area contributed by atoms with Crippen molar-refractivity contribution in [1.82, 2.24) is 4.98 Å². The van der Waals surface area contributed by atoms with Crippen LogP contribution < -0.4 is 9.47 Å². The fraction of sp³-hybridized carbons (Fsp3) is 0.500. The van der Waals surface area contributed by atoms with Gasteiger partial charge >= 0.3 is 0 Å². The molecule has 0 saturated carbocycles. The van der Waals surface area contributed by atoms with Crippen molar-refractivity contribution >= 4 is 0 Å². The molecule has 1 aromatic heterocycles. The molecule has 0 aliphatic carbocycles. The maximum atomic E-state index is 6.27. The number of ether oxygens (including phenoxy) is 2. The standard InChI is InChI=1S/C22H31NO2/c1-7-9-10-11-24-20-14-18(6)23-22(19(20)8-2)25-21-16(4)12-15(3)13-17(21)5/h12-14H,7-11H2,1-6H3. The molecule has 0 amide bonds. The van der Waals surface area contributed by atoms with E-state index in [1.807, 2.05) is 13.0 Å². The Bertz CT molecular complexity index is 699. The van der Waals surface area contributed by atoms with Crippen LogP contribution in [0.15, 0.2) is 18.2 Å². The second-order valence-electron chi connectivity index (χ2n) is 6.78. The number of hydrogen-bond acceptors (Lipinski definition) is 3. The van der Waals surface area contributed by atoms with E-state index in [2.05, 4.69) is 51.7 Å². The van der Waals surface area contributed by atoms with Crippen LogP contribution in [0.25, 0.3) is 0 Å². The van der Waals surface area contributed by atoms with E-state index in [0.717, 1.165) is 53.3 Å². The molecule has 0 radical (unpaired) electrons. The average Bonchev–Trinajstić information content (AvgIpc) is 2.54. The van der Waals surface area contributed by atoms with Gasteiger partial charge < -0.3 is 9.47 Å². The van der Waals surface area contributed by atoms with Gasteiger partial charge in [-0.1, -0.05) is 44.4 Å². The predicted octanol–water partition coefficient (Wildman–Crippen LogP) is 6.24. The van der Waals surface area contributed by atoms with Crippen LogP contribution in [0.3, 0.4) is 0 Å². The van der Waals surface area contributed by atoms with Gasteiger partial charge in [0.25, 0.3) is 0 Å². The molecule has 0 atom stereocenters. The van der Waals surface area contributed by atoms with Crippen LogP contribution in [-0.2, 0) is 6.42 Å². The van der Waals surface area contributed by atoms with Crippen molar-refractivity contribution < 1.29 is 9.47 Å². The highest BCUT2D eigenvalue weighted by atomic mass is 16.5. The molecule has 1 aromatic carbocycles. The smallest absolute Gasteiger partial charge is 0.226 e. The fourth-order valence-corrected chi connectivity index (χ4v) is 3.14. The first-order valence-electron chi connectivity index (χ1n) is 9.35. The number of unbranched alkanes of at least 4 members (excludes halogenated alkanes) is 2. The van der Waals surface area contributed by atoms with Crippen molar-refractivity contribution in [2.24, 2.45) is 0 Å². The lowest BCUT2D eigenvalue weighted by atomic mass is 10.1. The molecule has 0 fully saturated rings. The van der Waals surface area contributed by atoms with Gasteiger partial charge in [-0.05, 0) is 51.7 Å². The first-order chi connectivity index (χ1) is 12.0.